The number of ether oxygens (including phenoxy) is 1. The molecule has 0 amide bonds. The standard InChI is InChI=1S/C25H15ClO/c26-16-13-14-19-17-7-1-4-10-21(17)25(23(19)15-16)22-11-5-2-8-18(22)20-9-3-6-12-24(20)27-25/h1-15H. The van der Waals surface area contributed by atoms with Crippen molar-refractivity contribution >= 4 is 11.6 Å². The highest BCUT2D eigenvalue weighted by atomic mass is 35.5. The molecule has 1 spiro atoms. The van der Waals surface area contributed by atoms with Gasteiger partial charge >= 0.3 is 0 Å². The number of hydrogen-bond acceptors (Lipinski definition) is 1. The molecule has 0 saturated heterocycles. The number of hydrogen-bond donors (Lipinski definition) is 0. The van der Waals surface area contributed by atoms with Crippen LogP contribution in [0, 0.1) is 0 Å². The summed E-state index contributed by atoms with van der Waals surface area (Å²) < 4.78 is 6.86. The molecule has 0 N–H and O–H groups in total. The van der Waals surface area contributed by atoms with Crippen molar-refractivity contribution < 1.29 is 4.74 Å². The maximum atomic E-state index is 6.86. The lowest BCUT2D eigenvalue weighted by atomic mass is 9.78. The first-order valence-electron chi connectivity index (χ1n) is 9.07. The Kier molecular flexibility index (Phi) is 2.93. The van der Waals surface area contributed by atoms with Crippen molar-refractivity contribution in [3.05, 3.63) is 113 Å². The lowest BCUT2D eigenvalue weighted by Crippen LogP contribution is -2.36. The summed E-state index contributed by atoms with van der Waals surface area (Å²) in [4.78, 5) is 0. The van der Waals surface area contributed by atoms with E-state index in [1.165, 1.54) is 22.3 Å². The zero-order chi connectivity index (χ0) is 18.0. The van der Waals surface area contributed by atoms with Gasteiger partial charge < -0.3 is 4.74 Å². The Morgan fingerprint density at radius 1 is 0.556 bits per heavy atom. The topological polar surface area (TPSA) is 9.23 Å². The molecule has 1 aliphatic heterocycles. The maximum absolute atomic E-state index is 6.86. The van der Waals surface area contributed by atoms with Gasteiger partial charge in [-0.25, -0.2) is 0 Å². The van der Waals surface area contributed by atoms with Gasteiger partial charge in [0.2, 0.25) is 0 Å². The van der Waals surface area contributed by atoms with Crippen LogP contribution in [0.1, 0.15) is 16.7 Å². The summed E-state index contributed by atoms with van der Waals surface area (Å²) in [5, 5.41) is 0.723. The third kappa shape index (κ3) is 1.85. The van der Waals surface area contributed by atoms with Gasteiger partial charge in [-0.1, -0.05) is 84.4 Å². The summed E-state index contributed by atoms with van der Waals surface area (Å²) >= 11 is 6.44. The van der Waals surface area contributed by atoms with E-state index in [2.05, 4.69) is 78.9 Å². The summed E-state index contributed by atoms with van der Waals surface area (Å²) in [7, 11) is 0. The van der Waals surface area contributed by atoms with E-state index in [4.69, 9.17) is 16.3 Å². The minimum atomic E-state index is -0.679. The zero-order valence-corrected chi connectivity index (χ0v) is 15.2. The van der Waals surface area contributed by atoms with E-state index >= 15 is 0 Å². The van der Waals surface area contributed by atoms with Crippen molar-refractivity contribution in [1.82, 2.24) is 0 Å². The Hall–Kier alpha value is -3.03. The van der Waals surface area contributed by atoms with Crippen LogP contribution < -0.4 is 4.74 Å². The normalized spacial score (nSPS) is 18.3. The molecule has 0 saturated carbocycles. The van der Waals surface area contributed by atoms with E-state index in [9.17, 15) is 0 Å². The molecular formula is C25H15ClO. The van der Waals surface area contributed by atoms with Gasteiger partial charge in [0, 0.05) is 27.3 Å². The minimum absolute atomic E-state index is 0.679. The molecule has 0 bridgehead atoms. The van der Waals surface area contributed by atoms with Gasteiger partial charge in [-0.3, -0.25) is 0 Å². The molecule has 2 aliphatic rings. The maximum Gasteiger partial charge on any atom is 0.186 e. The first kappa shape index (κ1) is 15.1. The predicted octanol–water partition coefficient (Wildman–Crippen LogP) is 6.67. The van der Waals surface area contributed by atoms with Crippen LogP contribution in [0.25, 0.3) is 22.3 Å². The van der Waals surface area contributed by atoms with Crippen LogP contribution in [0.2, 0.25) is 5.02 Å². The van der Waals surface area contributed by atoms with Crippen LogP contribution in [-0.2, 0) is 5.60 Å². The summed E-state index contributed by atoms with van der Waals surface area (Å²) in [6, 6.07) is 31.4. The van der Waals surface area contributed by atoms with Crippen molar-refractivity contribution in [3.63, 3.8) is 0 Å². The first-order chi connectivity index (χ1) is 13.3. The average Bonchev–Trinajstić information content (AvgIpc) is 2.98. The van der Waals surface area contributed by atoms with Gasteiger partial charge in [0.15, 0.2) is 5.60 Å². The van der Waals surface area contributed by atoms with Crippen molar-refractivity contribution in [2.75, 3.05) is 0 Å². The molecule has 1 atom stereocenters. The number of halogens is 1. The molecular weight excluding hydrogens is 352 g/mol. The number of benzene rings is 4. The lowest BCUT2D eigenvalue weighted by Gasteiger charge is -2.39. The van der Waals surface area contributed by atoms with Gasteiger partial charge in [0.1, 0.15) is 5.75 Å². The van der Waals surface area contributed by atoms with Gasteiger partial charge in [0.25, 0.3) is 0 Å². The Morgan fingerprint density at radius 3 is 1.85 bits per heavy atom. The molecule has 1 unspecified atom stereocenters. The fourth-order valence-electron chi connectivity index (χ4n) is 4.64. The fraction of sp³-hybridized carbons (Fsp3) is 0.0400. The molecule has 0 fully saturated rings. The Bertz CT molecular complexity index is 1230. The van der Waals surface area contributed by atoms with Crippen molar-refractivity contribution in [2.24, 2.45) is 0 Å². The molecule has 0 aromatic heterocycles. The minimum Gasteiger partial charge on any atom is -0.472 e. The second-order valence-electron chi connectivity index (χ2n) is 7.06. The van der Waals surface area contributed by atoms with Crippen molar-refractivity contribution in [2.45, 2.75) is 5.60 Å². The number of para-hydroxylation sites is 1. The quantitative estimate of drug-likeness (QED) is 0.337. The van der Waals surface area contributed by atoms with Crippen molar-refractivity contribution in [1.29, 1.82) is 0 Å². The second-order valence-corrected chi connectivity index (χ2v) is 7.50. The highest BCUT2D eigenvalue weighted by molar-refractivity contribution is 6.30. The SMILES string of the molecule is Clc1ccc2c(c1)C1(Oc3ccccc3-c3ccccc31)c1ccccc1-2. The Labute approximate surface area is 162 Å². The molecule has 1 aliphatic carbocycles. The third-order valence-corrected chi connectivity index (χ3v) is 5.94. The molecule has 128 valence electrons. The molecule has 1 nitrogen and oxygen atoms in total. The summed E-state index contributed by atoms with van der Waals surface area (Å²) in [6.07, 6.45) is 0. The summed E-state index contributed by atoms with van der Waals surface area (Å²) in [5.74, 6) is 0.902. The number of rotatable bonds is 0. The van der Waals surface area contributed by atoms with Crippen LogP contribution in [0.4, 0.5) is 0 Å². The molecule has 4 aromatic rings. The number of fused-ring (bicyclic) bond motifs is 9. The monoisotopic (exact) mass is 366 g/mol. The lowest BCUT2D eigenvalue weighted by molar-refractivity contribution is 0.157. The molecule has 6 rings (SSSR count). The van der Waals surface area contributed by atoms with Crippen LogP contribution >= 0.6 is 11.6 Å². The van der Waals surface area contributed by atoms with Crippen LogP contribution in [-0.4, -0.2) is 0 Å². The van der Waals surface area contributed by atoms with E-state index in [1.807, 2.05) is 12.1 Å². The predicted molar refractivity (Wildman–Crippen MR) is 109 cm³/mol. The van der Waals surface area contributed by atoms with Crippen LogP contribution in [0.5, 0.6) is 5.75 Å². The van der Waals surface area contributed by atoms with Crippen molar-refractivity contribution in [3.8, 4) is 28.0 Å². The third-order valence-electron chi connectivity index (χ3n) is 5.70. The van der Waals surface area contributed by atoms with Gasteiger partial charge in [-0.2, -0.15) is 0 Å². The molecule has 27 heavy (non-hydrogen) atoms. The van der Waals surface area contributed by atoms with Gasteiger partial charge in [0.05, 0.1) is 0 Å². The Morgan fingerprint density at radius 2 is 1.11 bits per heavy atom. The molecule has 0 radical (unpaired) electrons. The molecule has 1 heterocycles. The van der Waals surface area contributed by atoms with Crippen LogP contribution in [0.15, 0.2) is 91.0 Å². The van der Waals surface area contributed by atoms with Gasteiger partial charge in [-0.05, 0) is 34.9 Å². The fourth-order valence-corrected chi connectivity index (χ4v) is 4.81. The first-order valence-corrected chi connectivity index (χ1v) is 9.45. The second kappa shape index (κ2) is 5.25. The van der Waals surface area contributed by atoms with E-state index < -0.39 is 5.60 Å². The van der Waals surface area contributed by atoms with Gasteiger partial charge in [-0.15, -0.1) is 0 Å². The smallest absolute Gasteiger partial charge is 0.186 e. The summed E-state index contributed by atoms with van der Waals surface area (Å²) in [6.45, 7) is 0. The van der Waals surface area contributed by atoms with E-state index in [0.29, 0.717) is 0 Å². The summed E-state index contributed by atoms with van der Waals surface area (Å²) in [5.41, 5.74) is 7.50. The molecule has 2 heteroatoms. The van der Waals surface area contributed by atoms with E-state index in [0.717, 1.165) is 27.5 Å². The molecule has 4 aromatic carbocycles. The Balaban J connectivity index is 1.79. The highest BCUT2D eigenvalue weighted by Crippen LogP contribution is 2.58. The van der Waals surface area contributed by atoms with E-state index in [1.54, 1.807) is 0 Å². The highest BCUT2D eigenvalue weighted by Gasteiger charge is 2.50. The largest absolute Gasteiger partial charge is 0.472 e. The zero-order valence-electron chi connectivity index (χ0n) is 14.4. The average molecular weight is 367 g/mol. The van der Waals surface area contributed by atoms with Crippen LogP contribution in [0.3, 0.4) is 0 Å². The van der Waals surface area contributed by atoms with E-state index in [-0.39, 0.29) is 0 Å².